The van der Waals surface area contributed by atoms with Gasteiger partial charge in [-0.15, -0.1) is 0 Å². The van der Waals surface area contributed by atoms with Gasteiger partial charge in [0.2, 0.25) is 11.8 Å². The number of rotatable bonds is 6. The molecule has 2 atom stereocenters. The second kappa shape index (κ2) is 12.3. The van der Waals surface area contributed by atoms with Crippen molar-refractivity contribution in [2.75, 3.05) is 11.1 Å². The lowest BCUT2D eigenvalue weighted by molar-refractivity contribution is -0.137. The second-order valence-electron chi connectivity index (χ2n) is 11.7. The minimum atomic E-state index is -4.70. The predicted octanol–water partition coefficient (Wildman–Crippen LogP) is 5.89. The van der Waals surface area contributed by atoms with Crippen LogP contribution in [0, 0.1) is 0 Å². The number of alkyl halides is 3. The van der Waals surface area contributed by atoms with Crippen molar-refractivity contribution in [3.8, 4) is 22.9 Å². The van der Waals surface area contributed by atoms with Crippen LogP contribution in [0.4, 0.5) is 29.5 Å². The standard InChI is InChI=1S/C31H32F3N7O5/c1-5-17-10-12-22(41(17)29(44)46-30(2,3)4)27(42)39-21-13-16(31(32,33)34)9-11-18(21)20-14-24(37-15-36-20)45-23-8-6-7-19-25(23)40-26(35)28(43)38-19/h6-9,11,13-15,17,22H,5,10,12H2,1-4H3,(H2,35,40)(H,38,43)(H,39,42). The molecule has 0 radical (unpaired) electrons. The number of benzene rings is 2. The highest BCUT2D eigenvalue weighted by Crippen LogP contribution is 2.37. The maximum absolute atomic E-state index is 13.8. The number of halogens is 3. The van der Waals surface area contributed by atoms with Gasteiger partial charge in [0.15, 0.2) is 11.6 Å². The Hall–Kier alpha value is -5.21. The molecule has 242 valence electrons. The Kier molecular flexibility index (Phi) is 8.60. The SMILES string of the molecule is CCC1CCC(C(=O)Nc2cc(C(F)(F)F)ccc2-c2cc(Oc3cccc4[nH]c(=O)c(N)nc34)ncn2)N1C(=O)OC(C)(C)C. The summed E-state index contributed by atoms with van der Waals surface area (Å²) in [6.07, 6.45) is -2.83. The Morgan fingerprint density at radius 3 is 2.57 bits per heavy atom. The van der Waals surface area contributed by atoms with Gasteiger partial charge in [-0.2, -0.15) is 13.2 Å². The minimum Gasteiger partial charge on any atom is -0.444 e. The molecule has 2 aromatic heterocycles. The van der Waals surface area contributed by atoms with E-state index in [0.717, 1.165) is 18.5 Å². The quantitative estimate of drug-likeness (QED) is 0.233. The van der Waals surface area contributed by atoms with Crippen molar-refractivity contribution in [2.24, 2.45) is 0 Å². The van der Waals surface area contributed by atoms with E-state index < -0.39 is 40.9 Å². The number of ether oxygens (including phenoxy) is 2. The van der Waals surface area contributed by atoms with Gasteiger partial charge in [-0.25, -0.2) is 19.7 Å². The van der Waals surface area contributed by atoms with E-state index in [9.17, 15) is 27.6 Å². The molecule has 1 saturated heterocycles. The molecule has 0 bridgehead atoms. The molecule has 46 heavy (non-hydrogen) atoms. The fraction of sp³-hybridized carbons (Fsp3) is 0.355. The molecule has 2 unspecified atom stereocenters. The average molecular weight is 640 g/mol. The number of amides is 2. The number of nitrogens with one attached hydrogen (secondary N) is 2. The summed E-state index contributed by atoms with van der Waals surface area (Å²) in [5.41, 5.74) is 4.02. The number of carbonyl (C=O) groups is 2. The van der Waals surface area contributed by atoms with Crippen molar-refractivity contribution in [1.82, 2.24) is 24.8 Å². The molecule has 2 amide bonds. The maximum atomic E-state index is 13.8. The highest BCUT2D eigenvalue weighted by Gasteiger charge is 2.42. The molecule has 3 heterocycles. The molecule has 0 spiro atoms. The summed E-state index contributed by atoms with van der Waals surface area (Å²) >= 11 is 0. The number of hydrogen-bond donors (Lipinski definition) is 3. The van der Waals surface area contributed by atoms with E-state index in [4.69, 9.17) is 15.2 Å². The van der Waals surface area contributed by atoms with E-state index in [1.165, 1.54) is 17.0 Å². The monoisotopic (exact) mass is 639 g/mol. The van der Waals surface area contributed by atoms with Crippen molar-refractivity contribution in [2.45, 2.75) is 70.8 Å². The van der Waals surface area contributed by atoms with Crippen LogP contribution < -0.4 is 21.3 Å². The summed E-state index contributed by atoms with van der Waals surface area (Å²) in [5.74, 6) is -0.741. The zero-order valence-electron chi connectivity index (χ0n) is 25.4. The van der Waals surface area contributed by atoms with Crippen LogP contribution in [0.3, 0.4) is 0 Å². The van der Waals surface area contributed by atoms with Crippen LogP contribution in [0.5, 0.6) is 11.6 Å². The van der Waals surface area contributed by atoms with E-state index in [-0.39, 0.29) is 46.0 Å². The molecule has 1 fully saturated rings. The largest absolute Gasteiger partial charge is 0.444 e. The van der Waals surface area contributed by atoms with Crippen LogP contribution in [0.25, 0.3) is 22.3 Å². The summed E-state index contributed by atoms with van der Waals surface area (Å²) in [5, 5.41) is 2.61. The number of nitrogens with two attached hydrogens (primary N) is 1. The number of nitrogens with zero attached hydrogens (tertiary/aromatic N) is 4. The smallest absolute Gasteiger partial charge is 0.416 e. The third kappa shape index (κ3) is 6.87. The molecule has 0 aliphatic carbocycles. The summed E-state index contributed by atoms with van der Waals surface area (Å²) in [6.45, 7) is 7.00. The van der Waals surface area contributed by atoms with Gasteiger partial charge in [0.05, 0.1) is 22.5 Å². The maximum Gasteiger partial charge on any atom is 0.416 e. The van der Waals surface area contributed by atoms with E-state index >= 15 is 0 Å². The van der Waals surface area contributed by atoms with Crippen LogP contribution in [0.2, 0.25) is 0 Å². The van der Waals surface area contributed by atoms with Crippen LogP contribution >= 0.6 is 0 Å². The summed E-state index contributed by atoms with van der Waals surface area (Å²) in [6, 6.07) is 7.80. The number of fused-ring (bicyclic) bond motifs is 1. The number of likely N-dealkylation sites (tertiary alicyclic amines) is 1. The number of nitrogen functional groups attached to an aromatic ring is 1. The van der Waals surface area contributed by atoms with Gasteiger partial charge in [-0.05, 0) is 64.3 Å². The van der Waals surface area contributed by atoms with Crippen LogP contribution in [0.1, 0.15) is 52.5 Å². The van der Waals surface area contributed by atoms with Crippen molar-refractivity contribution in [3.05, 3.63) is 64.7 Å². The number of aromatic amines is 1. The van der Waals surface area contributed by atoms with Crippen LogP contribution in [-0.4, -0.2) is 54.5 Å². The first-order chi connectivity index (χ1) is 21.6. The van der Waals surface area contributed by atoms with E-state index in [1.807, 2.05) is 6.92 Å². The van der Waals surface area contributed by atoms with Gasteiger partial charge < -0.3 is 25.5 Å². The highest BCUT2D eigenvalue weighted by molar-refractivity contribution is 6.00. The van der Waals surface area contributed by atoms with Gasteiger partial charge >= 0.3 is 12.3 Å². The molecular weight excluding hydrogens is 607 g/mol. The molecule has 15 heteroatoms. The topological polar surface area (TPSA) is 165 Å². The summed E-state index contributed by atoms with van der Waals surface area (Å²) in [4.78, 5) is 55.0. The number of para-hydroxylation sites is 1. The summed E-state index contributed by atoms with van der Waals surface area (Å²) < 4.78 is 52.8. The first-order valence-corrected chi connectivity index (χ1v) is 14.5. The number of carbonyl (C=O) groups excluding carboxylic acids is 2. The third-order valence-electron chi connectivity index (χ3n) is 7.33. The number of anilines is 2. The fourth-order valence-corrected chi connectivity index (χ4v) is 5.23. The zero-order chi connectivity index (χ0) is 33.4. The van der Waals surface area contributed by atoms with Gasteiger partial charge in [0.1, 0.15) is 23.5 Å². The lowest BCUT2D eigenvalue weighted by Crippen LogP contribution is -2.48. The van der Waals surface area contributed by atoms with Gasteiger partial charge in [0.25, 0.3) is 5.56 Å². The molecule has 1 aliphatic heterocycles. The molecular formula is C31H32F3N7O5. The van der Waals surface area contributed by atoms with Gasteiger partial charge in [-0.3, -0.25) is 14.5 Å². The Morgan fingerprint density at radius 2 is 1.87 bits per heavy atom. The second-order valence-corrected chi connectivity index (χ2v) is 11.7. The van der Waals surface area contributed by atoms with E-state index in [0.29, 0.717) is 24.8 Å². The normalized spacial score (nSPS) is 16.8. The highest BCUT2D eigenvalue weighted by atomic mass is 19.4. The first kappa shape index (κ1) is 32.2. The van der Waals surface area contributed by atoms with Crippen molar-refractivity contribution < 1.29 is 32.2 Å². The zero-order valence-corrected chi connectivity index (χ0v) is 25.4. The number of hydrogen-bond acceptors (Lipinski definition) is 9. The fourth-order valence-electron chi connectivity index (χ4n) is 5.23. The predicted molar refractivity (Wildman–Crippen MR) is 163 cm³/mol. The van der Waals surface area contributed by atoms with E-state index in [1.54, 1.807) is 39.0 Å². The first-order valence-electron chi connectivity index (χ1n) is 14.5. The Labute approximate surface area is 261 Å². The molecule has 4 aromatic rings. The lowest BCUT2D eigenvalue weighted by atomic mass is 10.0. The number of H-pyrrole nitrogens is 1. The Morgan fingerprint density at radius 1 is 1.11 bits per heavy atom. The molecule has 2 aromatic carbocycles. The molecule has 1 aliphatic rings. The van der Waals surface area contributed by atoms with Gasteiger partial charge in [-0.1, -0.05) is 19.1 Å². The molecule has 12 nitrogen and oxygen atoms in total. The lowest BCUT2D eigenvalue weighted by Gasteiger charge is -2.31. The Balaban J connectivity index is 1.49. The van der Waals surface area contributed by atoms with Gasteiger partial charge in [0, 0.05) is 17.7 Å². The molecule has 5 rings (SSSR count). The van der Waals surface area contributed by atoms with Crippen LogP contribution in [0.15, 0.2) is 53.6 Å². The third-order valence-corrected chi connectivity index (χ3v) is 7.33. The van der Waals surface area contributed by atoms with Crippen molar-refractivity contribution in [3.63, 3.8) is 0 Å². The average Bonchev–Trinajstić information content (AvgIpc) is 3.42. The molecule has 0 saturated carbocycles. The summed E-state index contributed by atoms with van der Waals surface area (Å²) in [7, 11) is 0. The van der Waals surface area contributed by atoms with Crippen molar-refractivity contribution in [1.29, 1.82) is 0 Å². The van der Waals surface area contributed by atoms with Crippen LogP contribution in [-0.2, 0) is 15.7 Å². The molecule has 4 N–H and O–H groups in total. The van der Waals surface area contributed by atoms with E-state index in [2.05, 4.69) is 25.3 Å². The Bertz CT molecular complexity index is 1860. The minimum absolute atomic E-state index is 0.000993. The number of aromatic nitrogens is 4. The van der Waals surface area contributed by atoms with Crippen molar-refractivity contribution >= 4 is 34.5 Å².